The number of ether oxygens (including phenoxy) is 1. The maximum absolute atomic E-state index is 5.88. The van der Waals surface area contributed by atoms with E-state index >= 15 is 0 Å². The molecule has 5 heteroatoms. The molecule has 0 aliphatic carbocycles. The zero-order valence-electron chi connectivity index (χ0n) is 11.4. The fourth-order valence-corrected chi connectivity index (χ4v) is 2.82. The summed E-state index contributed by atoms with van der Waals surface area (Å²) >= 11 is 7.07. The lowest BCUT2D eigenvalue weighted by Crippen LogP contribution is -2.34. The summed E-state index contributed by atoms with van der Waals surface area (Å²) in [6, 6.07) is 3.93. The van der Waals surface area contributed by atoms with Gasteiger partial charge in [0, 0.05) is 10.9 Å². The van der Waals surface area contributed by atoms with Crippen LogP contribution >= 0.6 is 31.9 Å². The highest BCUT2D eigenvalue weighted by Crippen LogP contribution is 2.39. The molecule has 0 aliphatic rings. The number of hydrogen-bond acceptors (Lipinski definition) is 3. The third-order valence-electron chi connectivity index (χ3n) is 2.72. The SMILES string of the molecule is COc1cc(Br)c2oc(CNC(C)(C)C)cc2c1Br. The lowest BCUT2D eigenvalue weighted by Gasteiger charge is -2.19. The van der Waals surface area contributed by atoms with E-state index in [2.05, 4.69) is 57.9 Å². The number of hydrogen-bond donors (Lipinski definition) is 1. The first-order chi connectivity index (χ1) is 8.81. The molecule has 0 spiro atoms. The van der Waals surface area contributed by atoms with Gasteiger partial charge in [0.15, 0.2) is 0 Å². The molecule has 2 rings (SSSR count). The molecule has 1 heterocycles. The molecule has 2 aromatic rings. The molecule has 0 bridgehead atoms. The van der Waals surface area contributed by atoms with E-state index in [1.165, 1.54) is 0 Å². The van der Waals surface area contributed by atoms with Crippen LogP contribution < -0.4 is 10.1 Å². The Morgan fingerprint density at radius 1 is 1.26 bits per heavy atom. The number of methoxy groups -OCH3 is 1. The van der Waals surface area contributed by atoms with Gasteiger partial charge in [-0.05, 0) is 64.8 Å². The van der Waals surface area contributed by atoms with Crippen molar-refractivity contribution in [2.24, 2.45) is 0 Å². The van der Waals surface area contributed by atoms with E-state index in [0.29, 0.717) is 6.54 Å². The van der Waals surface area contributed by atoms with Gasteiger partial charge in [0.05, 0.1) is 22.6 Å². The fraction of sp³-hybridized carbons (Fsp3) is 0.429. The quantitative estimate of drug-likeness (QED) is 0.812. The summed E-state index contributed by atoms with van der Waals surface area (Å²) in [4.78, 5) is 0. The van der Waals surface area contributed by atoms with Crippen molar-refractivity contribution < 1.29 is 9.15 Å². The topological polar surface area (TPSA) is 34.4 Å². The van der Waals surface area contributed by atoms with E-state index in [1.807, 2.05) is 12.1 Å². The van der Waals surface area contributed by atoms with E-state index in [0.717, 1.165) is 31.4 Å². The van der Waals surface area contributed by atoms with Gasteiger partial charge in [0.2, 0.25) is 0 Å². The molecule has 104 valence electrons. The number of furan rings is 1. The van der Waals surface area contributed by atoms with Gasteiger partial charge < -0.3 is 14.5 Å². The van der Waals surface area contributed by atoms with Crippen molar-refractivity contribution in [2.75, 3.05) is 7.11 Å². The van der Waals surface area contributed by atoms with Crippen LogP contribution in [0.3, 0.4) is 0 Å². The van der Waals surface area contributed by atoms with Crippen molar-refractivity contribution in [1.29, 1.82) is 0 Å². The first-order valence-corrected chi connectivity index (χ1v) is 7.60. The van der Waals surface area contributed by atoms with Crippen LogP contribution in [-0.2, 0) is 6.54 Å². The Labute approximate surface area is 129 Å². The molecule has 1 N–H and O–H groups in total. The van der Waals surface area contributed by atoms with Crippen molar-refractivity contribution in [3.05, 3.63) is 26.8 Å². The number of halogens is 2. The summed E-state index contributed by atoms with van der Waals surface area (Å²) in [6.45, 7) is 7.08. The first-order valence-electron chi connectivity index (χ1n) is 6.01. The third kappa shape index (κ3) is 3.33. The Bertz CT molecular complexity index is 599. The summed E-state index contributed by atoms with van der Waals surface area (Å²) in [5.74, 6) is 1.69. The predicted molar refractivity (Wildman–Crippen MR) is 84.8 cm³/mol. The minimum absolute atomic E-state index is 0.0606. The van der Waals surface area contributed by atoms with Crippen molar-refractivity contribution in [2.45, 2.75) is 32.9 Å². The van der Waals surface area contributed by atoms with Gasteiger partial charge in [-0.15, -0.1) is 0 Å². The molecule has 0 saturated carbocycles. The van der Waals surface area contributed by atoms with Crippen LogP contribution in [-0.4, -0.2) is 12.6 Å². The smallest absolute Gasteiger partial charge is 0.149 e. The van der Waals surface area contributed by atoms with Gasteiger partial charge in [-0.2, -0.15) is 0 Å². The molecule has 0 atom stereocenters. The highest BCUT2D eigenvalue weighted by atomic mass is 79.9. The zero-order chi connectivity index (χ0) is 14.2. The number of fused-ring (bicyclic) bond motifs is 1. The predicted octanol–water partition coefficient (Wildman–Crippen LogP) is 4.85. The summed E-state index contributed by atoms with van der Waals surface area (Å²) in [7, 11) is 1.65. The van der Waals surface area contributed by atoms with Gasteiger partial charge in [0.25, 0.3) is 0 Å². The van der Waals surface area contributed by atoms with E-state index in [-0.39, 0.29) is 5.54 Å². The monoisotopic (exact) mass is 389 g/mol. The van der Waals surface area contributed by atoms with Crippen LogP contribution in [0.4, 0.5) is 0 Å². The van der Waals surface area contributed by atoms with E-state index in [9.17, 15) is 0 Å². The molecule has 0 fully saturated rings. The third-order valence-corrected chi connectivity index (χ3v) is 4.13. The highest BCUT2D eigenvalue weighted by Gasteiger charge is 2.16. The fourth-order valence-electron chi connectivity index (χ4n) is 1.75. The van der Waals surface area contributed by atoms with Gasteiger partial charge in [-0.1, -0.05) is 0 Å². The summed E-state index contributed by atoms with van der Waals surface area (Å²) < 4.78 is 13.0. The van der Waals surface area contributed by atoms with Gasteiger partial charge in [0.1, 0.15) is 17.1 Å². The minimum atomic E-state index is 0.0606. The van der Waals surface area contributed by atoms with E-state index in [4.69, 9.17) is 9.15 Å². The van der Waals surface area contributed by atoms with Gasteiger partial charge in [-0.25, -0.2) is 0 Å². The van der Waals surface area contributed by atoms with Crippen LogP contribution in [0.2, 0.25) is 0 Å². The Hall–Kier alpha value is -0.520. The summed E-state index contributed by atoms with van der Waals surface area (Å²) in [6.07, 6.45) is 0. The molecule has 0 amide bonds. The van der Waals surface area contributed by atoms with Gasteiger partial charge >= 0.3 is 0 Å². The Balaban J connectivity index is 2.40. The second kappa shape index (κ2) is 5.46. The summed E-state index contributed by atoms with van der Waals surface area (Å²) in [5, 5.41) is 4.42. The maximum atomic E-state index is 5.88. The molecular weight excluding hydrogens is 374 g/mol. The van der Waals surface area contributed by atoms with Gasteiger partial charge in [-0.3, -0.25) is 0 Å². The van der Waals surface area contributed by atoms with Crippen molar-refractivity contribution in [1.82, 2.24) is 5.32 Å². The second-order valence-corrected chi connectivity index (χ2v) is 7.08. The van der Waals surface area contributed by atoms with Crippen molar-refractivity contribution in [3.63, 3.8) is 0 Å². The van der Waals surface area contributed by atoms with Crippen LogP contribution in [0, 0.1) is 0 Å². The van der Waals surface area contributed by atoms with E-state index in [1.54, 1.807) is 7.11 Å². The second-order valence-electron chi connectivity index (χ2n) is 5.43. The minimum Gasteiger partial charge on any atom is -0.496 e. The Morgan fingerprint density at radius 2 is 1.95 bits per heavy atom. The maximum Gasteiger partial charge on any atom is 0.149 e. The lowest BCUT2D eigenvalue weighted by atomic mass is 10.1. The van der Waals surface area contributed by atoms with E-state index < -0.39 is 0 Å². The number of rotatable bonds is 3. The number of nitrogens with one attached hydrogen (secondary N) is 1. The molecule has 3 nitrogen and oxygen atoms in total. The normalized spacial score (nSPS) is 12.1. The average molecular weight is 391 g/mol. The molecule has 0 unspecified atom stereocenters. The summed E-state index contributed by atoms with van der Waals surface area (Å²) in [5.41, 5.74) is 0.892. The van der Waals surface area contributed by atoms with Crippen LogP contribution in [0.15, 0.2) is 25.5 Å². The van der Waals surface area contributed by atoms with Crippen LogP contribution in [0.25, 0.3) is 11.0 Å². The first kappa shape index (κ1) is 14.9. The molecule has 0 saturated heterocycles. The van der Waals surface area contributed by atoms with Crippen LogP contribution in [0.5, 0.6) is 5.75 Å². The van der Waals surface area contributed by atoms with Crippen LogP contribution in [0.1, 0.15) is 26.5 Å². The molecule has 19 heavy (non-hydrogen) atoms. The molecule has 1 aromatic carbocycles. The zero-order valence-corrected chi connectivity index (χ0v) is 14.6. The Kier molecular flexibility index (Phi) is 4.28. The molecular formula is C14H17Br2NO2. The molecule has 0 radical (unpaired) electrons. The number of benzene rings is 1. The molecule has 1 aromatic heterocycles. The largest absolute Gasteiger partial charge is 0.496 e. The molecule has 0 aliphatic heterocycles. The Morgan fingerprint density at radius 3 is 2.53 bits per heavy atom. The van der Waals surface area contributed by atoms with Crippen molar-refractivity contribution in [3.8, 4) is 5.75 Å². The van der Waals surface area contributed by atoms with Crippen molar-refractivity contribution >= 4 is 42.8 Å². The standard InChI is InChI=1S/C14H17Br2NO2/c1-14(2,3)17-7-8-5-9-12(16)11(18-4)6-10(15)13(9)19-8/h5-6,17H,7H2,1-4H3. The lowest BCUT2D eigenvalue weighted by molar-refractivity contribution is 0.395. The highest BCUT2D eigenvalue weighted by molar-refractivity contribution is 9.11. The average Bonchev–Trinajstić information content (AvgIpc) is 2.75.